The van der Waals surface area contributed by atoms with E-state index in [0.717, 1.165) is 30.6 Å². The molecule has 0 aliphatic heterocycles. The lowest BCUT2D eigenvalue weighted by atomic mass is 10.0. The fourth-order valence-corrected chi connectivity index (χ4v) is 2.42. The highest BCUT2D eigenvalue weighted by molar-refractivity contribution is 5.35. The molecule has 2 aromatic carbocycles. The van der Waals surface area contributed by atoms with Crippen molar-refractivity contribution in [2.24, 2.45) is 0 Å². The van der Waals surface area contributed by atoms with Crippen LogP contribution in [0.5, 0.6) is 5.75 Å². The lowest BCUT2D eigenvalue weighted by molar-refractivity contribution is 0.154. The van der Waals surface area contributed by atoms with Gasteiger partial charge in [-0.2, -0.15) is 0 Å². The van der Waals surface area contributed by atoms with Crippen molar-refractivity contribution in [1.29, 1.82) is 0 Å². The minimum Gasteiger partial charge on any atom is -0.491 e. The fraction of sp³-hybridized carbons (Fsp3) is 0.368. The monoisotopic (exact) mass is 284 g/mol. The third-order valence-corrected chi connectivity index (χ3v) is 3.43. The number of aryl methyl sites for hydroxylation is 1. The molecular formula is C19H24O2. The third kappa shape index (κ3) is 4.91. The maximum Gasteiger partial charge on any atom is 0.125 e. The Morgan fingerprint density at radius 3 is 2.33 bits per heavy atom. The first kappa shape index (κ1) is 15.6. The van der Waals surface area contributed by atoms with Gasteiger partial charge < -0.3 is 9.84 Å². The van der Waals surface area contributed by atoms with Gasteiger partial charge in [-0.15, -0.1) is 0 Å². The number of aliphatic hydroxyl groups excluding tert-OH is 1. The third-order valence-electron chi connectivity index (χ3n) is 3.43. The van der Waals surface area contributed by atoms with Gasteiger partial charge in [-0.05, 0) is 44.7 Å². The Morgan fingerprint density at radius 2 is 1.62 bits per heavy atom. The highest BCUT2D eigenvalue weighted by Crippen LogP contribution is 2.29. The lowest BCUT2D eigenvalue weighted by Crippen LogP contribution is -2.09. The molecule has 0 bridgehead atoms. The molecule has 2 nitrogen and oxygen atoms in total. The Kier molecular flexibility index (Phi) is 5.82. The summed E-state index contributed by atoms with van der Waals surface area (Å²) in [6.07, 6.45) is 2.34. The molecule has 0 fully saturated rings. The molecule has 0 aliphatic carbocycles. The van der Waals surface area contributed by atoms with E-state index >= 15 is 0 Å². The van der Waals surface area contributed by atoms with Crippen molar-refractivity contribution in [2.45, 2.75) is 45.3 Å². The number of hydrogen-bond donors (Lipinski definition) is 1. The van der Waals surface area contributed by atoms with Crippen molar-refractivity contribution in [3.63, 3.8) is 0 Å². The van der Waals surface area contributed by atoms with Crippen LogP contribution in [0.2, 0.25) is 0 Å². The number of benzene rings is 2. The van der Waals surface area contributed by atoms with E-state index in [1.165, 1.54) is 5.56 Å². The number of hydrogen-bond acceptors (Lipinski definition) is 2. The van der Waals surface area contributed by atoms with E-state index in [-0.39, 0.29) is 6.10 Å². The zero-order chi connectivity index (χ0) is 15.1. The van der Waals surface area contributed by atoms with E-state index in [9.17, 15) is 5.11 Å². The second-order valence-electron chi connectivity index (χ2n) is 5.60. The van der Waals surface area contributed by atoms with E-state index in [2.05, 4.69) is 24.3 Å². The Bertz CT molecular complexity index is 534. The van der Waals surface area contributed by atoms with Crippen molar-refractivity contribution in [3.8, 4) is 5.75 Å². The first-order valence-corrected chi connectivity index (χ1v) is 7.64. The molecule has 0 radical (unpaired) electrons. The highest BCUT2D eigenvalue weighted by atomic mass is 16.5. The Labute approximate surface area is 127 Å². The SMILES string of the molecule is CC(C)Oc1ccccc1C(O)CCCc1ccccc1. The van der Waals surface area contributed by atoms with Gasteiger partial charge >= 0.3 is 0 Å². The molecule has 2 aromatic rings. The topological polar surface area (TPSA) is 29.5 Å². The van der Waals surface area contributed by atoms with Gasteiger partial charge in [0, 0.05) is 5.56 Å². The Morgan fingerprint density at radius 1 is 0.952 bits per heavy atom. The van der Waals surface area contributed by atoms with Gasteiger partial charge in [-0.1, -0.05) is 48.5 Å². The molecule has 0 aliphatic rings. The maximum atomic E-state index is 10.4. The summed E-state index contributed by atoms with van der Waals surface area (Å²) < 4.78 is 5.77. The minimum atomic E-state index is -0.469. The van der Waals surface area contributed by atoms with Gasteiger partial charge in [0.1, 0.15) is 5.75 Å². The van der Waals surface area contributed by atoms with Crippen molar-refractivity contribution < 1.29 is 9.84 Å². The Balaban J connectivity index is 1.92. The van der Waals surface area contributed by atoms with E-state index in [0.29, 0.717) is 0 Å². The predicted octanol–water partition coefficient (Wildman–Crippen LogP) is 4.53. The molecule has 0 amide bonds. The zero-order valence-electron chi connectivity index (χ0n) is 12.8. The molecule has 1 unspecified atom stereocenters. The average Bonchev–Trinajstić information content (AvgIpc) is 2.48. The van der Waals surface area contributed by atoms with E-state index in [1.54, 1.807) is 0 Å². The summed E-state index contributed by atoms with van der Waals surface area (Å²) in [6.45, 7) is 4.00. The summed E-state index contributed by atoms with van der Waals surface area (Å²) in [5.41, 5.74) is 2.20. The number of para-hydroxylation sites is 1. The highest BCUT2D eigenvalue weighted by Gasteiger charge is 2.13. The zero-order valence-corrected chi connectivity index (χ0v) is 12.8. The largest absolute Gasteiger partial charge is 0.491 e. The smallest absolute Gasteiger partial charge is 0.125 e. The van der Waals surface area contributed by atoms with Crippen LogP contribution in [0.25, 0.3) is 0 Å². The number of rotatable bonds is 7. The first-order valence-electron chi connectivity index (χ1n) is 7.64. The van der Waals surface area contributed by atoms with Crippen molar-refractivity contribution >= 4 is 0 Å². The molecular weight excluding hydrogens is 260 g/mol. The summed E-state index contributed by atoms with van der Waals surface area (Å²) in [5.74, 6) is 0.791. The molecule has 2 heteroatoms. The molecule has 0 aromatic heterocycles. The molecule has 0 spiro atoms. The van der Waals surface area contributed by atoms with Crippen LogP contribution >= 0.6 is 0 Å². The predicted molar refractivity (Wildman–Crippen MR) is 86.5 cm³/mol. The minimum absolute atomic E-state index is 0.114. The van der Waals surface area contributed by atoms with Crippen LogP contribution in [-0.2, 0) is 6.42 Å². The molecule has 2 rings (SSSR count). The maximum absolute atomic E-state index is 10.4. The molecule has 21 heavy (non-hydrogen) atoms. The standard InChI is InChI=1S/C19H24O2/c1-15(2)21-19-14-7-6-12-17(19)18(20)13-8-11-16-9-4-3-5-10-16/h3-7,9-10,12,14-15,18,20H,8,11,13H2,1-2H3. The lowest BCUT2D eigenvalue weighted by Gasteiger charge is -2.18. The first-order chi connectivity index (χ1) is 10.2. The van der Waals surface area contributed by atoms with E-state index < -0.39 is 6.10 Å². The summed E-state index contributed by atoms with van der Waals surface area (Å²) >= 11 is 0. The van der Waals surface area contributed by atoms with Crippen LogP contribution < -0.4 is 4.74 Å². The molecule has 0 saturated carbocycles. The second-order valence-corrected chi connectivity index (χ2v) is 5.60. The number of ether oxygens (including phenoxy) is 1. The summed E-state index contributed by atoms with van der Waals surface area (Å²) in [5, 5.41) is 10.4. The van der Waals surface area contributed by atoms with Crippen LogP contribution in [0.3, 0.4) is 0 Å². The van der Waals surface area contributed by atoms with Crippen LogP contribution in [0.15, 0.2) is 54.6 Å². The fourth-order valence-electron chi connectivity index (χ4n) is 2.42. The summed E-state index contributed by atoms with van der Waals surface area (Å²) in [4.78, 5) is 0. The van der Waals surface area contributed by atoms with Crippen LogP contribution in [0.4, 0.5) is 0 Å². The van der Waals surface area contributed by atoms with Crippen LogP contribution in [0, 0.1) is 0 Å². The normalized spacial score (nSPS) is 12.4. The van der Waals surface area contributed by atoms with Gasteiger partial charge in [0.15, 0.2) is 0 Å². The van der Waals surface area contributed by atoms with Gasteiger partial charge in [0.25, 0.3) is 0 Å². The van der Waals surface area contributed by atoms with Crippen LogP contribution in [0.1, 0.15) is 43.9 Å². The van der Waals surface area contributed by atoms with Gasteiger partial charge in [0.05, 0.1) is 12.2 Å². The molecule has 112 valence electrons. The van der Waals surface area contributed by atoms with Crippen molar-refractivity contribution in [3.05, 3.63) is 65.7 Å². The quantitative estimate of drug-likeness (QED) is 0.809. The summed E-state index contributed by atoms with van der Waals surface area (Å²) in [7, 11) is 0. The molecule has 0 heterocycles. The average molecular weight is 284 g/mol. The van der Waals surface area contributed by atoms with Gasteiger partial charge in [-0.25, -0.2) is 0 Å². The van der Waals surface area contributed by atoms with Gasteiger partial charge in [0.2, 0.25) is 0 Å². The number of aliphatic hydroxyl groups is 1. The molecule has 1 N–H and O–H groups in total. The Hall–Kier alpha value is -1.80. The van der Waals surface area contributed by atoms with Crippen molar-refractivity contribution in [2.75, 3.05) is 0 Å². The van der Waals surface area contributed by atoms with Crippen molar-refractivity contribution in [1.82, 2.24) is 0 Å². The van der Waals surface area contributed by atoms with E-state index in [4.69, 9.17) is 4.74 Å². The van der Waals surface area contributed by atoms with Gasteiger partial charge in [-0.3, -0.25) is 0 Å². The summed E-state index contributed by atoms with van der Waals surface area (Å²) in [6, 6.07) is 18.2. The molecule has 0 saturated heterocycles. The molecule has 1 atom stereocenters. The second kappa shape index (κ2) is 7.84. The van der Waals surface area contributed by atoms with E-state index in [1.807, 2.05) is 44.2 Å². The van der Waals surface area contributed by atoms with Crippen LogP contribution in [-0.4, -0.2) is 11.2 Å².